The maximum atomic E-state index is 13.2. The molecular formula is C25H22ClF3N2O3. The van der Waals surface area contributed by atoms with E-state index in [9.17, 15) is 23.1 Å². The van der Waals surface area contributed by atoms with Crippen LogP contribution in [0.4, 0.5) is 18.9 Å². The third-order valence-electron chi connectivity index (χ3n) is 5.84. The van der Waals surface area contributed by atoms with Gasteiger partial charge in [0.15, 0.2) is 0 Å². The minimum absolute atomic E-state index is 0.102. The molecule has 1 fully saturated rings. The van der Waals surface area contributed by atoms with Gasteiger partial charge in [0, 0.05) is 22.5 Å². The lowest BCUT2D eigenvalue weighted by molar-refractivity contribution is -0.141. The largest absolute Gasteiger partial charge is 0.433 e. The van der Waals surface area contributed by atoms with Crippen LogP contribution in [0, 0.1) is 0 Å². The van der Waals surface area contributed by atoms with E-state index in [1.807, 2.05) is 0 Å². The van der Waals surface area contributed by atoms with Crippen molar-refractivity contribution in [3.05, 3.63) is 82.6 Å². The van der Waals surface area contributed by atoms with Gasteiger partial charge in [-0.2, -0.15) is 13.2 Å². The van der Waals surface area contributed by atoms with E-state index in [2.05, 4.69) is 10.3 Å². The van der Waals surface area contributed by atoms with Crippen LogP contribution in [0.15, 0.2) is 60.8 Å². The van der Waals surface area contributed by atoms with Crippen molar-refractivity contribution in [3.8, 4) is 11.1 Å². The minimum atomic E-state index is -4.63. The zero-order valence-electron chi connectivity index (χ0n) is 18.4. The van der Waals surface area contributed by atoms with Crippen molar-refractivity contribution in [2.24, 2.45) is 0 Å². The number of hydrogen-bond acceptors (Lipinski definition) is 4. The summed E-state index contributed by atoms with van der Waals surface area (Å²) in [5.41, 5.74) is -1.15. The number of carbonyl (C=O) groups excluding carboxylic acids is 1. The van der Waals surface area contributed by atoms with Gasteiger partial charge >= 0.3 is 6.18 Å². The molecule has 0 bridgehead atoms. The standard InChI is InChI=1S/C25H22ClF3N2O3/c1-23(2,33)20-11-21(25(27,28)29)30-12-19(20)15-3-5-16(6-4-15)24(13-34-14-24)22(32)31-18-9-7-17(26)8-10-18/h3-12,33H,13-14H2,1-2H3,(H,31,32). The zero-order valence-corrected chi connectivity index (χ0v) is 19.2. The second-order valence-corrected chi connectivity index (χ2v) is 9.22. The number of nitrogens with one attached hydrogen (secondary N) is 1. The number of ether oxygens (including phenoxy) is 1. The smallest absolute Gasteiger partial charge is 0.386 e. The molecule has 0 saturated carbocycles. The van der Waals surface area contributed by atoms with Gasteiger partial charge in [0.25, 0.3) is 0 Å². The Bertz CT molecular complexity index is 1200. The molecule has 1 amide bonds. The number of anilines is 1. The van der Waals surface area contributed by atoms with E-state index in [4.69, 9.17) is 16.3 Å². The molecule has 34 heavy (non-hydrogen) atoms. The number of aromatic nitrogens is 1. The van der Waals surface area contributed by atoms with Gasteiger partial charge in [0.1, 0.15) is 11.1 Å². The predicted molar refractivity (Wildman–Crippen MR) is 122 cm³/mol. The van der Waals surface area contributed by atoms with Crippen molar-refractivity contribution in [2.75, 3.05) is 18.5 Å². The Balaban J connectivity index is 1.65. The zero-order chi connectivity index (χ0) is 24.7. The second-order valence-electron chi connectivity index (χ2n) is 8.79. The van der Waals surface area contributed by atoms with Gasteiger partial charge in [0.2, 0.25) is 5.91 Å². The predicted octanol–water partition coefficient (Wildman–Crippen LogP) is 5.55. The molecule has 1 aliphatic heterocycles. The number of halogens is 4. The van der Waals surface area contributed by atoms with Gasteiger partial charge in [-0.05, 0) is 60.9 Å². The molecule has 1 saturated heterocycles. The molecular weight excluding hydrogens is 469 g/mol. The normalized spacial score (nSPS) is 15.5. The topological polar surface area (TPSA) is 71.5 Å². The van der Waals surface area contributed by atoms with Gasteiger partial charge in [-0.3, -0.25) is 9.78 Å². The number of amides is 1. The summed E-state index contributed by atoms with van der Waals surface area (Å²) in [6.45, 7) is 3.23. The van der Waals surface area contributed by atoms with Crippen molar-refractivity contribution < 1.29 is 27.8 Å². The summed E-state index contributed by atoms with van der Waals surface area (Å²) in [7, 11) is 0. The monoisotopic (exact) mass is 490 g/mol. The first-order chi connectivity index (χ1) is 15.9. The lowest BCUT2D eigenvalue weighted by Crippen LogP contribution is -2.55. The maximum Gasteiger partial charge on any atom is 0.433 e. The molecule has 0 radical (unpaired) electrons. The first-order valence-electron chi connectivity index (χ1n) is 10.5. The molecule has 4 rings (SSSR count). The van der Waals surface area contributed by atoms with Crippen molar-refractivity contribution in [2.45, 2.75) is 31.0 Å². The summed E-state index contributed by atoms with van der Waals surface area (Å²) in [6.07, 6.45) is -3.52. The van der Waals surface area contributed by atoms with Crippen LogP contribution in [0.2, 0.25) is 5.02 Å². The third kappa shape index (κ3) is 4.66. The van der Waals surface area contributed by atoms with Gasteiger partial charge in [-0.1, -0.05) is 35.9 Å². The van der Waals surface area contributed by atoms with Crippen LogP contribution in [0.5, 0.6) is 0 Å². The van der Waals surface area contributed by atoms with Crippen LogP contribution in [-0.2, 0) is 26.7 Å². The molecule has 9 heteroatoms. The van der Waals surface area contributed by atoms with E-state index in [0.717, 1.165) is 12.3 Å². The molecule has 2 aromatic carbocycles. The highest BCUT2D eigenvalue weighted by Crippen LogP contribution is 2.38. The molecule has 5 nitrogen and oxygen atoms in total. The van der Waals surface area contributed by atoms with E-state index in [-0.39, 0.29) is 24.7 Å². The SMILES string of the molecule is CC(C)(O)c1cc(C(F)(F)F)ncc1-c1ccc(C2(C(=O)Nc3ccc(Cl)cc3)COC2)cc1. The summed E-state index contributed by atoms with van der Waals surface area (Å²) in [5.74, 6) is -0.234. The van der Waals surface area contributed by atoms with Crippen molar-refractivity contribution in [3.63, 3.8) is 0 Å². The Morgan fingerprint density at radius 2 is 1.71 bits per heavy atom. The fraction of sp³-hybridized carbons (Fsp3) is 0.280. The lowest BCUT2D eigenvalue weighted by Gasteiger charge is -2.40. The number of aliphatic hydroxyl groups is 1. The first kappa shape index (κ1) is 24.2. The van der Waals surface area contributed by atoms with E-state index < -0.39 is 22.9 Å². The van der Waals surface area contributed by atoms with Gasteiger partial charge in [-0.25, -0.2) is 0 Å². The highest BCUT2D eigenvalue weighted by molar-refractivity contribution is 6.30. The Morgan fingerprint density at radius 1 is 1.09 bits per heavy atom. The van der Waals surface area contributed by atoms with Gasteiger partial charge < -0.3 is 15.2 Å². The number of carbonyl (C=O) groups is 1. The van der Waals surface area contributed by atoms with E-state index >= 15 is 0 Å². The third-order valence-corrected chi connectivity index (χ3v) is 6.09. The van der Waals surface area contributed by atoms with Crippen LogP contribution in [0.3, 0.4) is 0 Å². The maximum absolute atomic E-state index is 13.2. The van der Waals surface area contributed by atoms with Crippen LogP contribution in [-0.4, -0.2) is 29.2 Å². The molecule has 2 N–H and O–H groups in total. The van der Waals surface area contributed by atoms with E-state index in [1.165, 1.54) is 13.8 Å². The summed E-state index contributed by atoms with van der Waals surface area (Å²) in [6, 6.07) is 14.5. The quantitative estimate of drug-likeness (QED) is 0.491. The Labute approximate surface area is 199 Å². The van der Waals surface area contributed by atoms with E-state index in [0.29, 0.717) is 27.4 Å². The number of alkyl halides is 3. The van der Waals surface area contributed by atoms with Crippen LogP contribution in [0.1, 0.15) is 30.7 Å². The molecule has 1 aliphatic rings. The van der Waals surface area contributed by atoms with Crippen molar-refractivity contribution in [1.82, 2.24) is 4.98 Å². The lowest BCUT2D eigenvalue weighted by atomic mass is 9.77. The summed E-state index contributed by atoms with van der Waals surface area (Å²) in [4.78, 5) is 16.7. The molecule has 0 spiro atoms. The first-order valence-corrected chi connectivity index (χ1v) is 10.8. The minimum Gasteiger partial charge on any atom is -0.386 e. The van der Waals surface area contributed by atoms with Crippen LogP contribution >= 0.6 is 11.6 Å². The summed E-state index contributed by atoms with van der Waals surface area (Å²) < 4.78 is 44.9. The molecule has 0 atom stereocenters. The Morgan fingerprint density at radius 3 is 2.21 bits per heavy atom. The van der Waals surface area contributed by atoms with Crippen molar-refractivity contribution in [1.29, 1.82) is 0 Å². The number of pyridine rings is 1. The Kier molecular flexibility index (Phi) is 6.18. The highest BCUT2D eigenvalue weighted by atomic mass is 35.5. The number of hydrogen-bond donors (Lipinski definition) is 2. The Hall–Kier alpha value is -2.94. The summed E-state index contributed by atoms with van der Waals surface area (Å²) >= 11 is 5.90. The fourth-order valence-corrected chi connectivity index (χ4v) is 3.96. The molecule has 178 valence electrons. The number of benzene rings is 2. The van der Waals surface area contributed by atoms with Crippen LogP contribution in [0.25, 0.3) is 11.1 Å². The number of nitrogens with zero attached hydrogens (tertiary/aromatic N) is 1. The highest BCUT2D eigenvalue weighted by Gasteiger charge is 2.47. The van der Waals surface area contributed by atoms with Gasteiger partial charge in [-0.15, -0.1) is 0 Å². The molecule has 2 heterocycles. The number of rotatable bonds is 5. The van der Waals surface area contributed by atoms with Gasteiger partial charge in [0.05, 0.1) is 18.8 Å². The van der Waals surface area contributed by atoms with Crippen molar-refractivity contribution >= 4 is 23.2 Å². The molecule has 0 unspecified atom stereocenters. The van der Waals surface area contributed by atoms with E-state index in [1.54, 1.807) is 48.5 Å². The molecule has 3 aromatic rings. The second kappa shape index (κ2) is 8.69. The molecule has 1 aromatic heterocycles. The average molecular weight is 491 g/mol. The van der Waals surface area contributed by atoms with Crippen LogP contribution < -0.4 is 5.32 Å². The average Bonchev–Trinajstić information content (AvgIpc) is 2.73. The molecule has 0 aliphatic carbocycles. The summed E-state index contributed by atoms with van der Waals surface area (Å²) in [5, 5.41) is 13.9. The fourth-order valence-electron chi connectivity index (χ4n) is 3.83.